The van der Waals surface area contributed by atoms with Gasteiger partial charge in [0.1, 0.15) is 0 Å². The standard InChI is InChI=1S/C8H16O2Si/c1-7(9)6-8(2)10-11(3,4)5/h6H,1-5H3/b8-6-. The maximum Gasteiger partial charge on any atom is 0.241 e. The highest BCUT2D eigenvalue weighted by Crippen LogP contribution is 2.09. The van der Waals surface area contributed by atoms with Crippen LogP contribution in [0.2, 0.25) is 19.6 Å². The van der Waals surface area contributed by atoms with Crippen LogP contribution in [0.4, 0.5) is 0 Å². The van der Waals surface area contributed by atoms with Crippen molar-refractivity contribution in [2.75, 3.05) is 0 Å². The third-order valence-electron chi connectivity index (χ3n) is 0.874. The van der Waals surface area contributed by atoms with Crippen LogP contribution in [0.25, 0.3) is 0 Å². The molecule has 0 aromatic heterocycles. The Balaban J connectivity index is 4.07. The summed E-state index contributed by atoms with van der Waals surface area (Å²) < 4.78 is 5.53. The molecule has 0 aliphatic carbocycles. The molecule has 0 radical (unpaired) electrons. The van der Waals surface area contributed by atoms with Crippen LogP contribution >= 0.6 is 0 Å². The summed E-state index contributed by atoms with van der Waals surface area (Å²) >= 11 is 0. The van der Waals surface area contributed by atoms with Crippen LogP contribution < -0.4 is 0 Å². The number of carbonyl (C=O) groups excluding carboxylic acids is 1. The summed E-state index contributed by atoms with van der Waals surface area (Å²) in [5.74, 6) is 0.775. The first-order valence-electron chi connectivity index (χ1n) is 3.69. The van der Waals surface area contributed by atoms with E-state index in [2.05, 4.69) is 19.6 Å². The minimum atomic E-state index is -1.51. The van der Waals surface area contributed by atoms with E-state index in [0.29, 0.717) is 0 Å². The predicted octanol–water partition coefficient (Wildman–Crippen LogP) is 2.33. The number of rotatable bonds is 3. The molecule has 0 fully saturated rings. The van der Waals surface area contributed by atoms with Crippen LogP contribution in [0.5, 0.6) is 0 Å². The van der Waals surface area contributed by atoms with Gasteiger partial charge in [0.05, 0.1) is 5.76 Å². The van der Waals surface area contributed by atoms with Gasteiger partial charge in [0, 0.05) is 6.08 Å². The first kappa shape index (κ1) is 10.4. The van der Waals surface area contributed by atoms with E-state index < -0.39 is 8.32 Å². The van der Waals surface area contributed by atoms with E-state index >= 15 is 0 Å². The average molecular weight is 172 g/mol. The van der Waals surface area contributed by atoms with Gasteiger partial charge in [-0.05, 0) is 33.5 Å². The molecule has 0 aromatic rings. The van der Waals surface area contributed by atoms with E-state index in [9.17, 15) is 4.79 Å². The highest BCUT2D eigenvalue weighted by atomic mass is 28.4. The summed E-state index contributed by atoms with van der Waals surface area (Å²) in [5, 5.41) is 0. The molecule has 2 nitrogen and oxygen atoms in total. The van der Waals surface area contributed by atoms with Crippen molar-refractivity contribution in [2.24, 2.45) is 0 Å². The second kappa shape index (κ2) is 3.71. The Hall–Kier alpha value is -0.573. The minimum absolute atomic E-state index is 0.0424. The summed E-state index contributed by atoms with van der Waals surface area (Å²) in [6, 6.07) is 0. The van der Waals surface area contributed by atoms with E-state index in [4.69, 9.17) is 4.43 Å². The largest absolute Gasteiger partial charge is 0.547 e. The Morgan fingerprint density at radius 2 is 1.73 bits per heavy atom. The van der Waals surface area contributed by atoms with Gasteiger partial charge in [-0.15, -0.1) is 0 Å². The fourth-order valence-electron chi connectivity index (χ4n) is 0.799. The monoisotopic (exact) mass is 172 g/mol. The molecule has 0 amide bonds. The molecule has 0 saturated carbocycles. The smallest absolute Gasteiger partial charge is 0.241 e. The van der Waals surface area contributed by atoms with Crippen LogP contribution in [-0.4, -0.2) is 14.1 Å². The summed E-state index contributed by atoms with van der Waals surface area (Å²) in [5.41, 5.74) is 0. The van der Waals surface area contributed by atoms with Crippen molar-refractivity contribution >= 4 is 14.1 Å². The van der Waals surface area contributed by atoms with Gasteiger partial charge in [-0.25, -0.2) is 0 Å². The second-order valence-corrected chi connectivity index (χ2v) is 8.01. The van der Waals surface area contributed by atoms with Gasteiger partial charge in [-0.1, -0.05) is 0 Å². The maximum atomic E-state index is 10.6. The van der Waals surface area contributed by atoms with Gasteiger partial charge in [-0.3, -0.25) is 4.79 Å². The lowest BCUT2D eigenvalue weighted by Crippen LogP contribution is -2.24. The van der Waals surface area contributed by atoms with E-state index in [0.717, 1.165) is 5.76 Å². The molecule has 11 heavy (non-hydrogen) atoms. The number of hydrogen-bond donors (Lipinski definition) is 0. The summed E-state index contributed by atoms with van der Waals surface area (Å²) in [7, 11) is -1.51. The quantitative estimate of drug-likeness (QED) is 0.371. The lowest BCUT2D eigenvalue weighted by Gasteiger charge is -2.18. The first-order chi connectivity index (χ1) is 4.81. The molecular weight excluding hydrogens is 156 g/mol. The Bertz CT molecular complexity index is 177. The zero-order chi connectivity index (χ0) is 9.07. The second-order valence-electron chi connectivity index (χ2n) is 3.58. The average Bonchev–Trinajstić information content (AvgIpc) is 1.53. The molecule has 0 saturated heterocycles. The molecular formula is C8H16O2Si. The van der Waals surface area contributed by atoms with Crippen LogP contribution in [0.3, 0.4) is 0 Å². The predicted molar refractivity (Wildman–Crippen MR) is 48.9 cm³/mol. The van der Waals surface area contributed by atoms with Gasteiger partial charge < -0.3 is 4.43 Å². The number of carbonyl (C=O) groups is 1. The molecule has 0 atom stereocenters. The van der Waals surface area contributed by atoms with Crippen LogP contribution in [0, 0.1) is 0 Å². The normalized spacial score (nSPS) is 13.0. The number of ketones is 1. The fraction of sp³-hybridized carbons (Fsp3) is 0.625. The molecule has 0 heterocycles. The molecule has 0 bridgehead atoms. The van der Waals surface area contributed by atoms with Gasteiger partial charge in [-0.2, -0.15) is 0 Å². The molecule has 0 rings (SSSR count). The van der Waals surface area contributed by atoms with E-state index in [-0.39, 0.29) is 5.78 Å². The third kappa shape index (κ3) is 7.32. The van der Waals surface area contributed by atoms with E-state index in [1.54, 1.807) is 0 Å². The summed E-state index contributed by atoms with van der Waals surface area (Å²) in [4.78, 5) is 10.6. The van der Waals surface area contributed by atoms with Crippen molar-refractivity contribution in [1.29, 1.82) is 0 Å². The van der Waals surface area contributed by atoms with Gasteiger partial charge in [0.15, 0.2) is 5.78 Å². The molecule has 0 unspecified atom stereocenters. The first-order valence-corrected chi connectivity index (χ1v) is 7.10. The van der Waals surface area contributed by atoms with Gasteiger partial charge in [0.2, 0.25) is 8.32 Å². The SMILES string of the molecule is CC(=O)/C=C(/C)O[Si](C)(C)C. The molecule has 0 N–H and O–H groups in total. The summed E-state index contributed by atoms with van der Waals surface area (Å²) in [6.45, 7) is 9.61. The van der Waals surface area contributed by atoms with Crippen molar-refractivity contribution in [3.05, 3.63) is 11.8 Å². The van der Waals surface area contributed by atoms with E-state index in [1.165, 1.54) is 13.0 Å². The Morgan fingerprint density at radius 3 is 2.00 bits per heavy atom. The maximum absolute atomic E-state index is 10.6. The van der Waals surface area contributed by atoms with Crippen molar-refractivity contribution in [3.8, 4) is 0 Å². The lowest BCUT2D eigenvalue weighted by molar-refractivity contribution is -0.112. The molecule has 0 aromatic carbocycles. The van der Waals surface area contributed by atoms with Crippen LogP contribution in [0.15, 0.2) is 11.8 Å². The van der Waals surface area contributed by atoms with Crippen molar-refractivity contribution in [2.45, 2.75) is 33.5 Å². The number of allylic oxidation sites excluding steroid dienone is 2. The molecule has 0 aliphatic heterocycles. The van der Waals surface area contributed by atoms with Crippen molar-refractivity contribution in [1.82, 2.24) is 0 Å². The Kier molecular flexibility index (Phi) is 3.52. The minimum Gasteiger partial charge on any atom is -0.547 e. The third-order valence-corrected chi connectivity index (χ3v) is 1.81. The lowest BCUT2D eigenvalue weighted by atomic mass is 10.4. The molecule has 3 heteroatoms. The van der Waals surface area contributed by atoms with E-state index in [1.807, 2.05) is 6.92 Å². The highest BCUT2D eigenvalue weighted by Gasteiger charge is 2.15. The highest BCUT2D eigenvalue weighted by molar-refractivity contribution is 6.70. The summed E-state index contributed by atoms with van der Waals surface area (Å²) in [6.07, 6.45) is 1.53. The fourth-order valence-corrected chi connectivity index (χ4v) is 1.82. The van der Waals surface area contributed by atoms with Crippen LogP contribution in [0.1, 0.15) is 13.8 Å². The van der Waals surface area contributed by atoms with Gasteiger partial charge in [0.25, 0.3) is 0 Å². The van der Waals surface area contributed by atoms with Crippen molar-refractivity contribution < 1.29 is 9.22 Å². The molecule has 64 valence electrons. The van der Waals surface area contributed by atoms with Crippen molar-refractivity contribution in [3.63, 3.8) is 0 Å². The topological polar surface area (TPSA) is 26.3 Å². The zero-order valence-corrected chi connectivity index (χ0v) is 8.89. The molecule has 0 aliphatic rings. The number of hydrogen-bond acceptors (Lipinski definition) is 2. The Morgan fingerprint density at radius 1 is 1.27 bits per heavy atom. The Labute approximate surface area is 69.4 Å². The zero-order valence-electron chi connectivity index (χ0n) is 7.89. The van der Waals surface area contributed by atoms with Gasteiger partial charge >= 0.3 is 0 Å². The van der Waals surface area contributed by atoms with Crippen LogP contribution in [-0.2, 0) is 9.22 Å². The molecule has 0 spiro atoms.